The fourth-order valence-electron chi connectivity index (χ4n) is 1.76. The fraction of sp³-hybridized carbons (Fsp3) is 0.385. The molecule has 0 unspecified atom stereocenters. The summed E-state index contributed by atoms with van der Waals surface area (Å²) in [5.41, 5.74) is 0.563. The number of benzene rings is 1. The summed E-state index contributed by atoms with van der Waals surface area (Å²) in [6.45, 7) is 2.95. The molecule has 0 atom stereocenters. The van der Waals surface area contributed by atoms with Gasteiger partial charge in [0, 0.05) is 12.1 Å². The van der Waals surface area contributed by atoms with Gasteiger partial charge in [0.2, 0.25) is 15.2 Å². The highest BCUT2D eigenvalue weighted by molar-refractivity contribution is 7.89. The van der Waals surface area contributed by atoms with E-state index < -0.39 is 10.0 Å². The van der Waals surface area contributed by atoms with Crippen LogP contribution < -0.4 is 10.0 Å². The van der Waals surface area contributed by atoms with Crippen LogP contribution in [0.5, 0.6) is 0 Å². The molecule has 8 heteroatoms. The Kier molecular flexibility index (Phi) is 5.27. The number of aromatic nitrogens is 2. The lowest BCUT2D eigenvalue weighted by Gasteiger charge is -2.06. The van der Waals surface area contributed by atoms with E-state index in [1.165, 1.54) is 18.4 Å². The third kappa shape index (κ3) is 3.78. The number of hydrogen-bond acceptors (Lipinski definition) is 6. The van der Waals surface area contributed by atoms with Crippen molar-refractivity contribution in [1.29, 1.82) is 0 Å². The fourth-order valence-corrected chi connectivity index (χ4v) is 3.57. The molecule has 0 bridgehead atoms. The standard InChI is InChI=1S/C13H18N4O2S2/c1-3-4-9-15-13-17-16-12(20-13)10-7-5-6-8-11(10)21(18,19)14-2/h5-8,14H,3-4,9H2,1-2H3,(H,15,17). The minimum Gasteiger partial charge on any atom is -0.360 e. The molecule has 2 N–H and O–H groups in total. The summed E-state index contributed by atoms with van der Waals surface area (Å²) in [6, 6.07) is 6.78. The second kappa shape index (κ2) is 6.97. The van der Waals surface area contributed by atoms with Gasteiger partial charge in [0.1, 0.15) is 0 Å². The molecule has 0 fully saturated rings. The zero-order valence-electron chi connectivity index (χ0n) is 12.0. The van der Waals surface area contributed by atoms with Gasteiger partial charge in [-0.05, 0) is 19.5 Å². The second-order valence-electron chi connectivity index (χ2n) is 4.40. The largest absolute Gasteiger partial charge is 0.360 e. The van der Waals surface area contributed by atoms with E-state index in [0.717, 1.165) is 19.4 Å². The third-order valence-electron chi connectivity index (χ3n) is 2.91. The normalized spacial score (nSPS) is 11.5. The average molecular weight is 326 g/mol. The molecule has 114 valence electrons. The number of anilines is 1. The molecule has 1 aromatic heterocycles. The highest BCUT2D eigenvalue weighted by Gasteiger charge is 2.19. The summed E-state index contributed by atoms with van der Waals surface area (Å²) in [5.74, 6) is 0. The van der Waals surface area contributed by atoms with Crippen molar-refractivity contribution in [3.8, 4) is 10.6 Å². The molecule has 2 rings (SSSR count). The van der Waals surface area contributed by atoms with Crippen molar-refractivity contribution in [2.24, 2.45) is 0 Å². The Bertz CT molecular complexity index is 698. The van der Waals surface area contributed by atoms with Crippen LogP contribution >= 0.6 is 11.3 Å². The van der Waals surface area contributed by atoms with Gasteiger partial charge in [-0.15, -0.1) is 10.2 Å². The topological polar surface area (TPSA) is 84.0 Å². The van der Waals surface area contributed by atoms with Gasteiger partial charge in [0.05, 0.1) is 4.90 Å². The number of nitrogens with one attached hydrogen (secondary N) is 2. The van der Waals surface area contributed by atoms with Crippen LogP contribution in [0.4, 0.5) is 5.13 Å². The van der Waals surface area contributed by atoms with Crippen LogP contribution in [-0.4, -0.2) is 32.2 Å². The lowest BCUT2D eigenvalue weighted by Crippen LogP contribution is -2.19. The molecule has 0 aliphatic rings. The molecule has 0 spiro atoms. The van der Waals surface area contributed by atoms with E-state index in [1.54, 1.807) is 24.3 Å². The third-order valence-corrected chi connectivity index (χ3v) is 5.29. The number of sulfonamides is 1. The Morgan fingerprint density at radius 1 is 1.24 bits per heavy atom. The average Bonchev–Trinajstić information content (AvgIpc) is 2.96. The van der Waals surface area contributed by atoms with Crippen LogP contribution in [0.1, 0.15) is 19.8 Å². The Labute approximate surface area is 128 Å². The van der Waals surface area contributed by atoms with Gasteiger partial charge in [-0.25, -0.2) is 13.1 Å². The summed E-state index contributed by atoms with van der Waals surface area (Å²) in [5, 5.41) is 12.6. The van der Waals surface area contributed by atoms with Gasteiger partial charge in [0.15, 0.2) is 5.01 Å². The Morgan fingerprint density at radius 3 is 2.71 bits per heavy atom. The van der Waals surface area contributed by atoms with E-state index in [0.29, 0.717) is 15.7 Å². The molecular formula is C13H18N4O2S2. The van der Waals surface area contributed by atoms with Gasteiger partial charge in [0.25, 0.3) is 0 Å². The summed E-state index contributed by atoms with van der Waals surface area (Å²) in [4.78, 5) is 0.212. The van der Waals surface area contributed by atoms with E-state index in [2.05, 4.69) is 27.2 Å². The van der Waals surface area contributed by atoms with Crippen molar-refractivity contribution in [2.45, 2.75) is 24.7 Å². The molecule has 2 aromatic rings. The maximum absolute atomic E-state index is 12.0. The van der Waals surface area contributed by atoms with E-state index in [-0.39, 0.29) is 4.90 Å². The first kappa shape index (κ1) is 15.9. The molecule has 0 radical (unpaired) electrons. The summed E-state index contributed by atoms with van der Waals surface area (Å²) < 4.78 is 26.4. The minimum absolute atomic E-state index is 0.212. The van der Waals surface area contributed by atoms with E-state index >= 15 is 0 Å². The van der Waals surface area contributed by atoms with E-state index in [4.69, 9.17) is 0 Å². The number of rotatable bonds is 7. The molecule has 1 aromatic carbocycles. The highest BCUT2D eigenvalue weighted by Crippen LogP contribution is 2.31. The minimum atomic E-state index is -3.52. The van der Waals surface area contributed by atoms with Crippen molar-refractivity contribution in [3.05, 3.63) is 24.3 Å². The van der Waals surface area contributed by atoms with Crippen LogP contribution in [0.2, 0.25) is 0 Å². The SMILES string of the molecule is CCCCNc1nnc(-c2ccccc2S(=O)(=O)NC)s1. The Hall–Kier alpha value is -1.51. The first-order chi connectivity index (χ1) is 10.1. The summed E-state index contributed by atoms with van der Waals surface area (Å²) >= 11 is 1.35. The first-order valence-electron chi connectivity index (χ1n) is 6.69. The van der Waals surface area contributed by atoms with Gasteiger partial charge < -0.3 is 5.32 Å². The number of unbranched alkanes of at least 4 members (excludes halogenated alkanes) is 1. The lowest BCUT2D eigenvalue weighted by molar-refractivity contribution is 0.588. The van der Waals surface area contributed by atoms with Gasteiger partial charge in [-0.3, -0.25) is 0 Å². The molecule has 21 heavy (non-hydrogen) atoms. The van der Waals surface area contributed by atoms with Gasteiger partial charge in [-0.1, -0.05) is 42.9 Å². The van der Waals surface area contributed by atoms with Gasteiger partial charge >= 0.3 is 0 Å². The molecule has 0 aliphatic heterocycles. The maximum atomic E-state index is 12.0. The zero-order chi connectivity index (χ0) is 15.3. The van der Waals surface area contributed by atoms with Crippen LogP contribution in [0.15, 0.2) is 29.2 Å². The number of hydrogen-bond donors (Lipinski definition) is 2. The summed E-state index contributed by atoms with van der Waals surface area (Å²) in [6.07, 6.45) is 2.15. The molecular weight excluding hydrogens is 308 g/mol. The van der Waals surface area contributed by atoms with Crippen LogP contribution in [0.3, 0.4) is 0 Å². The molecule has 0 amide bonds. The van der Waals surface area contributed by atoms with Crippen molar-refractivity contribution in [1.82, 2.24) is 14.9 Å². The smallest absolute Gasteiger partial charge is 0.241 e. The van der Waals surface area contributed by atoms with Crippen molar-refractivity contribution in [3.63, 3.8) is 0 Å². The predicted octanol–water partition coefficient (Wildman–Crippen LogP) is 2.33. The monoisotopic (exact) mass is 326 g/mol. The van der Waals surface area contributed by atoms with Crippen molar-refractivity contribution >= 4 is 26.5 Å². The second-order valence-corrected chi connectivity index (χ2v) is 7.23. The molecule has 1 heterocycles. The lowest BCUT2D eigenvalue weighted by atomic mass is 10.2. The van der Waals surface area contributed by atoms with Gasteiger partial charge in [-0.2, -0.15) is 0 Å². The van der Waals surface area contributed by atoms with Crippen LogP contribution in [0, 0.1) is 0 Å². The zero-order valence-corrected chi connectivity index (χ0v) is 13.6. The number of nitrogens with zero attached hydrogens (tertiary/aromatic N) is 2. The highest BCUT2D eigenvalue weighted by atomic mass is 32.2. The van der Waals surface area contributed by atoms with Crippen LogP contribution in [0.25, 0.3) is 10.6 Å². The van der Waals surface area contributed by atoms with Crippen molar-refractivity contribution in [2.75, 3.05) is 18.9 Å². The predicted molar refractivity (Wildman–Crippen MR) is 85.0 cm³/mol. The Balaban J connectivity index is 2.31. The van der Waals surface area contributed by atoms with E-state index in [1.807, 2.05) is 0 Å². The Morgan fingerprint density at radius 2 is 2.00 bits per heavy atom. The molecule has 6 nitrogen and oxygen atoms in total. The summed E-state index contributed by atoms with van der Waals surface area (Å²) in [7, 11) is -2.13. The molecule has 0 saturated carbocycles. The molecule has 0 saturated heterocycles. The maximum Gasteiger partial charge on any atom is 0.241 e. The van der Waals surface area contributed by atoms with Crippen molar-refractivity contribution < 1.29 is 8.42 Å². The van der Waals surface area contributed by atoms with Crippen LogP contribution in [-0.2, 0) is 10.0 Å². The quantitative estimate of drug-likeness (QED) is 0.763. The molecule has 0 aliphatic carbocycles. The first-order valence-corrected chi connectivity index (χ1v) is 8.98. The van der Waals surface area contributed by atoms with E-state index in [9.17, 15) is 8.42 Å².